The van der Waals surface area contributed by atoms with Gasteiger partial charge < -0.3 is 16.5 Å². The number of halogens is 4. The van der Waals surface area contributed by atoms with Gasteiger partial charge in [-0.2, -0.15) is 44.3 Å². The quantitative estimate of drug-likeness (QED) is 0.136. The lowest BCUT2D eigenvalue weighted by atomic mass is 10.4. The third-order valence-electron chi connectivity index (χ3n) is 8.90. The topological polar surface area (TPSA) is 36.9 Å². The Morgan fingerprint density at radius 1 is 0.312 bits per heavy atom. The van der Waals surface area contributed by atoms with Crippen molar-refractivity contribution in [2.24, 2.45) is 0 Å². The second kappa shape index (κ2) is 13.9. The molecule has 4 nitrogen and oxygen atoms in total. The number of hydrogen-bond donors (Lipinski definition) is 0. The molecular formula is C32H44Cl4O4Si8. The summed E-state index contributed by atoms with van der Waals surface area (Å²) in [5, 5.41) is 3.74. The van der Waals surface area contributed by atoms with E-state index < -0.39 is 59.9 Å². The summed E-state index contributed by atoms with van der Waals surface area (Å²) >= 11 is 31.4. The second-order valence-corrected chi connectivity index (χ2v) is 74.6. The molecule has 4 aromatic carbocycles. The third kappa shape index (κ3) is 6.79. The minimum Gasteiger partial charge on any atom is -0.412 e. The largest absolute Gasteiger partial charge is 0.412 e. The molecule has 1 saturated heterocycles. The van der Waals surface area contributed by atoms with Crippen molar-refractivity contribution in [3.8, 4) is 0 Å². The van der Waals surface area contributed by atoms with Crippen LogP contribution in [0.4, 0.5) is 0 Å². The maximum absolute atomic E-state index is 8.12. The molecule has 0 aromatic heterocycles. The monoisotopic (exact) mass is 856 g/mol. The Morgan fingerprint density at radius 3 is 0.583 bits per heavy atom. The van der Waals surface area contributed by atoms with Crippen molar-refractivity contribution in [2.75, 3.05) is 0 Å². The van der Waals surface area contributed by atoms with Crippen molar-refractivity contribution in [1.82, 2.24) is 0 Å². The Labute approximate surface area is 312 Å². The van der Waals surface area contributed by atoms with Gasteiger partial charge in [0.1, 0.15) is 0 Å². The van der Waals surface area contributed by atoms with Crippen molar-refractivity contribution in [1.29, 1.82) is 0 Å². The van der Waals surface area contributed by atoms with Crippen molar-refractivity contribution in [3.05, 3.63) is 121 Å². The first kappa shape index (κ1) is 38.8. The van der Waals surface area contributed by atoms with Crippen LogP contribution in [0.1, 0.15) is 0 Å². The van der Waals surface area contributed by atoms with E-state index in [2.05, 4.69) is 101 Å². The molecule has 5 rings (SSSR count). The third-order valence-corrected chi connectivity index (χ3v) is 67.3. The zero-order valence-electron chi connectivity index (χ0n) is 28.7. The molecule has 0 N–H and O–H groups in total. The Morgan fingerprint density at radius 2 is 0.458 bits per heavy atom. The van der Waals surface area contributed by atoms with Gasteiger partial charge in [-0.15, -0.1) is 0 Å². The predicted molar refractivity (Wildman–Crippen MR) is 225 cm³/mol. The highest BCUT2D eigenvalue weighted by Gasteiger charge is 2.77. The molecule has 0 spiro atoms. The zero-order valence-corrected chi connectivity index (χ0v) is 39.7. The van der Waals surface area contributed by atoms with Crippen LogP contribution in [-0.4, -0.2) is 59.9 Å². The summed E-state index contributed by atoms with van der Waals surface area (Å²) in [6.07, 6.45) is 0. The number of rotatable bonds is 8. The molecule has 256 valence electrons. The van der Waals surface area contributed by atoms with E-state index in [1.807, 2.05) is 72.8 Å². The van der Waals surface area contributed by atoms with Crippen LogP contribution in [0, 0.1) is 0 Å². The average Bonchev–Trinajstić information content (AvgIpc) is 3.01. The molecule has 0 aliphatic carbocycles. The summed E-state index contributed by atoms with van der Waals surface area (Å²) in [5.41, 5.74) is 0. The van der Waals surface area contributed by atoms with Gasteiger partial charge in [0.25, 0.3) is 0 Å². The molecule has 0 bridgehead atoms. The first-order valence-corrected chi connectivity index (χ1v) is 43.3. The fourth-order valence-electron chi connectivity index (χ4n) is 6.34. The van der Waals surface area contributed by atoms with Gasteiger partial charge in [0.15, 0.2) is 0 Å². The molecule has 0 saturated carbocycles. The molecule has 0 atom stereocenters. The fourth-order valence-corrected chi connectivity index (χ4v) is 85.8. The summed E-state index contributed by atoms with van der Waals surface area (Å²) in [5.74, 6) is 0. The second-order valence-electron chi connectivity index (χ2n) is 14.2. The summed E-state index contributed by atoms with van der Waals surface area (Å²) in [6.45, 7) is 5.07. The Kier molecular flexibility index (Phi) is 11.2. The lowest BCUT2D eigenvalue weighted by Crippen LogP contribution is -2.92. The first-order chi connectivity index (χ1) is 22.2. The molecule has 0 unspecified atom stereocenters. The lowest BCUT2D eigenvalue weighted by Gasteiger charge is -2.60. The van der Waals surface area contributed by atoms with Crippen LogP contribution in [0.15, 0.2) is 121 Å². The minimum absolute atomic E-state index is 0.936. The van der Waals surface area contributed by atoms with E-state index in [0.717, 1.165) is 20.7 Å². The molecule has 0 radical (unpaired) electrons. The van der Waals surface area contributed by atoms with Gasteiger partial charge in [-0.25, -0.2) is 0 Å². The van der Waals surface area contributed by atoms with Gasteiger partial charge in [-0.3, -0.25) is 0 Å². The normalized spacial score (nSPS) is 27.6. The standard InChI is InChI=1S/C32H44Cl4O4Si8/c1-41(2,33)45(29-21-13-9-14-22-29)37-46(42(3,4)34,30-23-15-10-16-24-30)39-48(44(7,8)36,32-27-19-12-20-28-32)40-47(38-45,43(5,6)35)31-25-17-11-18-26-31/h9-28H,1-8H3. The van der Waals surface area contributed by atoms with Crippen molar-refractivity contribution in [2.45, 2.75) is 52.4 Å². The highest BCUT2D eigenvalue weighted by molar-refractivity contribution is 7.70. The summed E-state index contributed by atoms with van der Waals surface area (Å²) < 4.78 is 32.5. The smallest absolute Gasteiger partial charge is 0.350 e. The number of hydrogen-bond acceptors (Lipinski definition) is 4. The lowest BCUT2D eigenvalue weighted by molar-refractivity contribution is 0.279. The maximum Gasteiger partial charge on any atom is 0.350 e. The highest BCUT2D eigenvalue weighted by Crippen LogP contribution is 2.45. The number of benzene rings is 4. The molecule has 1 aliphatic rings. The zero-order chi connectivity index (χ0) is 35.3. The van der Waals surface area contributed by atoms with Gasteiger partial charge in [-0.05, 0) is 20.7 Å². The molecule has 1 heterocycles. The molecule has 48 heavy (non-hydrogen) atoms. The Hall–Kier alpha value is -0.385. The predicted octanol–water partition coefficient (Wildman–Crippen LogP) is 7.55. The van der Waals surface area contributed by atoms with E-state index in [1.54, 1.807) is 0 Å². The van der Waals surface area contributed by atoms with E-state index in [0.29, 0.717) is 0 Å². The Bertz CT molecular complexity index is 1420. The van der Waals surface area contributed by atoms with Crippen LogP contribution in [0.5, 0.6) is 0 Å². The average molecular weight is 859 g/mol. The Balaban J connectivity index is 2.05. The van der Waals surface area contributed by atoms with Crippen molar-refractivity contribution in [3.63, 3.8) is 0 Å². The van der Waals surface area contributed by atoms with E-state index in [4.69, 9.17) is 60.8 Å². The summed E-state index contributed by atoms with van der Waals surface area (Å²) in [7, 11) is -15.0. The van der Waals surface area contributed by atoms with Crippen molar-refractivity contribution < 1.29 is 16.5 Å². The van der Waals surface area contributed by atoms with Crippen LogP contribution in [0.3, 0.4) is 0 Å². The van der Waals surface area contributed by atoms with Gasteiger partial charge in [0.05, 0.1) is 0 Å². The van der Waals surface area contributed by atoms with Crippen LogP contribution in [0.25, 0.3) is 0 Å². The minimum atomic E-state index is -3.75. The molecule has 4 aromatic rings. The highest BCUT2D eigenvalue weighted by atomic mass is 35.6. The van der Waals surface area contributed by atoms with E-state index in [-0.39, 0.29) is 0 Å². The van der Waals surface area contributed by atoms with E-state index in [9.17, 15) is 0 Å². The SMILES string of the molecule is C[Si](C)(Cl)[Si]1(c2ccccc2)O[Si](c2ccccc2)([Si](C)(C)Cl)O[Si](c2ccccc2)([Si](C)(C)Cl)O[Si](c2ccccc2)([Si](C)(C)Cl)O1. The van der Waals surface area contributed by atoms with Crippen LogP contribution in [0.2, 0.25) is 52.4 Å². The summed E-state index contributed by atoms with van der Waals surface area (Å²) in [6, 6.07) is 40.9. The molecular weight excluding hydrogens is 815 g/mol. The molecule has 16 heteroatoms. The molecule has 0 amide bonds. The molecule has 1 fully saturated rings. The van der Waals surface area contributed by atoms with Gasteiger partial charge in [0.2, 0.25) is 27.6 Å². The van der Waals surface area contributed by atoms with Crippen molar-refractivity contribution >= 4 is 125 Å². The van der Waals surface area contributed by atoms with Gasteiger partial charge >= 0.3 is 32.3 Å². The fraction of sp³-hybridized carbons (Fsp3) is 0.250. The molecule has 1 aliphatic heterocycles. The first-order valence-electron chi connectivity index (χ1n) is 16.0. The van der Waals surface area contributed by atoms with Gasteiger partial charge in [0, 0.05) is 0 Å². The van der Waals surface area contributed by atoms with Crippen LogP contribution >= 0.6 is 44.3 Å². The maximum atomic E-state index is 8.12. The summed E-state index contributed by atoms with van der Waals surface area (Å²) in [4.78, 5) is 0. The van der Waals surface area contributed by atoms with E-state index >= 15 is 0 Å². The van der Waals surface area contributed by atoms with Crippen LogP contribution in [-0.2, 0) is 16.5 Å². The van der Waals surface area contributed by atoms with E-state index in [1.165, 1.54) is 0 Å². The van der Waals surface area contributed by atoms with Crippen LogP contribution < -0.4 is 20.7 Å². The van der Waals surface area contributed by atoms with Gasteiger partial charge in [-0.1, -0.05) is 174 Å².